The van der Waals surface area contributed by atoms with Crippen LogP contribution < -0.4 is 9.47 Å². The van der Waals surface area contributed by atoms with Crippen LogP contribution in [0.25, 0.3) is 0 Å². The highest BCUT2D eigenvalue weighted by atomic mass is 79.9. The molecule has 174 valence electrons. The monoisotopic (exact) mass is 506 g/mol. The molecule has 0 atom stereocenters. The number of methoxy groups -OCH3 is 2. The number of aliphatic hydroxyl groups excluding tert-OH is 2. The van der Waals surface area contributed by atoms with Crippen LogP contribution in [0.3, 0.4) is 0 Å². The normalized spacial score (nSPS) is 20.8. The second kappa shape index (κ2) is 8.58. The van der Waals surface area contributed by atoms with Crippen molar-refractivity contribution in [2.24, 2.45) is 10.8 Å². The van der Waals surface area contributed by atoms with Gasteiger partial charge in [0.25, 0.3) is 0 Å². The molecule has 0 unspecified atom stereocenters. The zero-order valence-electron chi connectivity index (χ0n) is 19.5. The van der Waals surface area contributed by atoms with Crippen LogP contribution in [0.2, 0.25) is 0 Å². The number of allylic oxidation sites excluding steroid dienone is 4. The van der Waals surface area contributed by atoms with Crippen molar-refractivity contribution < 1.29 is 29.3 Å². The van der Waals surface area contributed by atoms with E-state index in [4.69, 9.17) is 9.47 Å². The van der Waals surface area contributed by atoms with E-state index in [1.807, 2.05) is 27.7 Å². The van der Waals surface area contributed by atoms with E-state index >= 15 is 0 Å². The second-order valence-electron chi connectivity index (χ2n) is 10.3. The molecule has 2 aliphatic rings. The summed E-state index contributed by atoms with van der Waals surface area (Å²) in [6, 6.07) is 3.39. The molecule has 1 aromatic carbocycles. The van der Waals surface area contributed by atoms with Crippen LogP contribution in [-0.4, -0.2) is 36.0 Å². The van der Waals surface area contributed by atoms with Crippen LogP contribution in [0, 0.1) is 10.8 Å². The van der Waals surface area contributed by atoms with Gasteiger partial charge in [0.2, 0.25) is 0 Å². The van der Waals surface area contributed by atoms with Crippen molar-refractivity contribution >= 4 is 27.5 Å². The first-order chi connectivity index (χ1) is 14.8. The smallest absolute Gasteiger partial charge is 0.163 e. The first-order valence-electron chi connectivity index (χ1n) is 10.6. The molecule has 7 heteroatoms. The summed E-state index contributed by atoms with van der Waals surface area (Å²) in [6.45, 7) is 7.68. The van der Waals surface area contributed by atoms with E-state index in [1.165, 1.54) is 14.2 Å². The van der Waals surface area contributed by atoms with Crippen molar-refractivity contribution in [1.82, 2.24) is 0 Å². The predicted molar refractivity (Wildman–Crippen MR) is 125 cm³/mol. The maximum Gasteiger partial charge on any atom is 0.163 e. The lowest BCUT2D eigenvalue weighted by atomic mass is 9.67. The lowest BCUT2D eigenvalue weighted by Crippen LogP contribution is -2.33. The van der Waals surface area contributed by atoms with Crippen LogP contribution in [0.1, 0.15) is 64.9 Å². The number of benzene rings is 1. The predicted octanol–water partition coefficient (Wildman–Crippen LogP) is 5.95. The van der Waals surface area contributed by atoms with Crippen molar-refractivity contribution in [3.05, 3.63) is 44.8 Å². The molecule has 1 aromatic rings. The van der Waals surface area contributed by atoms with Gasteiger partial charge in [0, 0.05) is 48.5 Å². The molecular weight excluding hydrogens is 476 g/mol. The Hall–Kier alpha value is -2.28. The molecule has 0 amide bonds. The molecule has 0 saturated carbocycles. The van der Waals surface area contributed by atoms with Gasteiger partial charge in [0.05, 0.1) is 24.6 Å². The number of hydrogen-bond donors (Lipinski definition) is 2. The Morgan fingerprint density at radius 2 is 1.25 bits per heavy atom. The number of rotatable bonds is 5. The molecule has 0 heterocycles. The molecule has 0 aliphatic heterocycles. The number of ether oxygens (including phenoxy) is 2. The fourth-order valence-corrected chi connectivity index (χ4v) is 5.35. The quantitative estimate of drug-likeness (QED) is 0.512. The number of halogens is 1. The summed E-state index contributed by atoms with van der Waals surface area (Å²) >= 11 is 3.48. The number of ketones is 2. The number of aliphatic hydroxyl groups is 2. The fraction of sp³-hybridized carbons (Fsp3) is 0.520. The van der Waals surface area contributed by atoms with Gasteiger partial charge in [-0.3, -0.25) is 9.59 Å². The largest absolute Gasteiger partial charge is 0.512 e. The van der Waals surface area contributed by atoms with E-state index in [1.54, 1.807) is 12.1 Å². The summed E-state index contributed by atoms with van der Waals surface area (Å²) in [4.78, 5) is 26.6. The van der Waals surface area contributed by atoms with E-state index in [9.17, 15) is 19.8 Å². The van der Waals surface area contributed by atoms with E-state index in [0.717, 1.165) is 0 Å². The van der Waals surface area contributed by atoms with Crippen LogP contribution in [0.4, 0.5) is 0 Å². The molecule has 3 rings (SSSR count). The zero-order valence-corrected chi connectivity index (χ0v) is 21.1. The molecular formula is C25H31BrO6. The second-order valence-corrected chi connectivity index (χ2v) is 11.1. The SMILES string of the molecule is COc1cc(OC)c(C(C2=C(O)CC(C)(C)CC2=O)C2=C(O)CC(C)(C)CC2=O)cc1Br. The van der Waals surface area contributed by atoms with E-state index in [2.05, 4.69) is 15.9 Å². The van der Waals surface area contributed by atoms with E-state index < -0.39 is 16.7 Å². The van der Waals surface area contributed by atoms with Gasteiger partial charge in [0.15, 0.2) is 11.6 Å². The van der Waals surface area contributed by atoms with Crippen molar-refractivity contribution in [2.45, 2.75) is 59.3 Å². The standard InChI is InChI=1S/C25H31BrO6/c1-24(2)9-15(27)22(16(28)10-24)21(23-17(29)11-25(3,4)12-18(23)30)13-7-14(26)20(32-6)8-19(13)31-5/h7-8,21,27,29H,9-12H2,1-6H3. The fourth-order valence-electron chi connectivity index (χ4n) is 4.82. The minimum atomic E-state index is -0.945. The Kier molecular flexibility index (Phi) is 6.53. The van der Waals surface area contributed by atoms with Gasteiger partial charge in [-0.2, -0.15) is 0 Å². The topological polar surface area (TPSA) is 93.1 Å². The summed E-state index contributed by atoms with van der Waals surface area (Å²) < 4.78 is 11.6. The molecule has 0 saturated heterocycles. The van der Waals surface area contributed by atoms with Crippen molar-refractivity contribution in [3.8, 4) is 11.5 Å². The van der Waals surface area contributed by atoms with Gasteiger partial charge in [-0.25, -0.2) is 0 Å². The molecule has 0 bridgehead atoms. The van der Waals surface area contributed by atoms with E-state index in [0.29, 0.717) is 34.4 Å². The summed E-state index contributed by atoms with van der Waals surface area (Å²) in [7, 11) is 3.02. The minimum Gasteiger partial charge on any atom is -0.512 e. The molecule has 2 aliphatic carbocycles. The third kappa shape index (κ3) is 4.58. The van der Waals surface area contributed by atoms with Gasteiger partial charge in [-0.05, 0) is 32.8 Å². The van der Waals surface area contributed by atoms with Gasteiger partial charge in [-0.15, -0.1) is 0 Å². The van der Waals surface area contributed by atoms with Gasteiger partial charge < -0.3 is 19.7 Å². The lowest BCUT2D eigenvalue weighted by molar-refractivity contribution is -0.119. The maximum absolute atomic E-state index is 13.3. The highest BCUT2D eigenvalue weighted by molar-refractivity contribution is 9.10. The average Bonchev–Trinajstić information content (AvgIpc) is 2.63. The Balaban J connectivity index is 2.34. The lowest BCUT2D eigenvalue weighted by Gasteiger charge is -2.37. The molecule has 0 aromatic heterocycles. The third-order valence-corrected chi connectivity index (χ3v) is 6.81. The number of carbonyl (C=O) groups excluding carboxylic acids is 2. The number of hydrogen-bond acceptors (Lipinski definition) is 6. The molecule has 6 nitrogen and oxygen atoms in total. The molecule has 2 N–H and O–H groups in total. The minimum absolute atomic E-state index is 0.0526. The molecule has 0 radical (unpaired) electrons. The summed E-state index contributed by atoms with van der Waals surface area (Å²) in [5.74, 6) is -0.615. The highest BCUT2D eigenvalue weighted by Gasteiger charge is 2.44. The Bertz CT molecular complexity index is 979. The maximum atomic E-state index is 13.3. The highest BCUT2D eigenvalue weighted by Crippen LogP contribution is 2.50. The number of Topliss-reactive ketones (excluding diaryl/α,β-unsaturated/α-hetero) is 2. The Morgan fingerprint density at radius 1 is 0.812 bits per heavy atom. The van der Waals surface area contributed by atoms with E-state index in [-0.39, 0.29) is 47.1 Å². The molecule has 0 fully saturated rings. The Labute approximate surface area is 197 Å². The number of carbonyl (C=O) groups is 2. The average molecular weight is 507 g/mol. The summed E-state index contributed by atoms with van der Waals surface area (Å²) in [6.07, 6.45) is 1.07. The van der Waals surface area contributed by atoms with Crippen LogP contribution in [0.15, 0.2) is 39.3 Å². The summed E-state index contributed by atoms with van der Waals surface area (Å²) in [5.41, 5.74) is 0.0109. The third-order valence-electron chi connectivity index (χ3n) is 6.19. The van der Waals surface area contributed by atoms with Gasteiger partial charge in [-0.1, -0.05) is 27.7 Å². The summed E-state index contributed by atoms with van der Waals surface area (Å²) in [5, 5.41) is 22.0. The van der Waals surface area contributed by atoms with Crippen molar-refractivity contribution in [3.63, 3.8) is 0 Å². The Morgan fingerprint density at radius 3 is 1.62 bits per heavy atom. The van der Waals surface area contributed by atoms with Crippen LogP contribution >= 0.6 is 15.9 Å². The van der Waals surface area contributed by atoms with Crippen LogP contribution in [-0.2, 0) is 9.59 Å². The van der Waals surface area contributed by atoms with Crippen molar-refractivity contribution in [1.29, 1.82) is 0 Å². The zero-order chi connectivity index (χ0) is 24.0. The first-order valence-corrected chi connectivity index (χ1v) is 11.4. The van der Waals surface area contributed by atoms with Crippen LogP contribution in [0.5, 0.6) is 11.5 Å². The van der Waals surface area contributed by atoms with Crippen molar-refractivity contribution in [2.75, 3.05) is 14.2 Å². The van der Waals surface area contributed by atoms with Gasteiger partial charge in [0.1, 0.15) is 23.0 Å². The molecule has 0 spiro atoms. The molecule has 32 heavy (non-hydrogen) atoms. The van der Waals surface area contributed by atoms with Gasteiger partial charge >= 0.3 is 0 Å². The first kappa shape index (κ1) is 24.4.